The third kappa shape index (κ3) is 5.14. The molecular formula is C26H31FO2. The van der Waals surface area contributed by atoms with Crippen molar-refractivity contribution in [3.05, 3.63) is 65.2 Å². The number of unbranched alkanes of at least 4 members (excludes halogenated alkanes) is 1. The molecule has 0 aliphatic heterocycles. The molecule has 0 saturated heterocycles. The second kappa shape index (κ2) is 9.87. The standard InChI is InChI=1S/C26H31FO2/c1-3-5-6-25(27)22-15-16-23(26(28)29)24(17-22)21-13-11-20(12-14-21)19-9-7-18(4-2)8-10-19/h6,11-19H,3-5,7-10H2,1-2H3,(H,28,29). The molecule has 1 N–H and O–H groups in total. The lowest BCUT2D eigenvalue weighted by molar-refractivity contribution is 0.0697. The quantitative estimate of drug-likeness (QED) is 0.519. The number of allylic oxidation sites excluding steroid dienone is 1. The van der Waals surface area contributed by atoms with E-state index in [1.165, 1.54) is 43.7 Å². The van der Waals surface area contributed by atoms with Crippen molar-refractivity contribution in [1.82, 2.24) is 0 Å². The van der Waals surface area contributed by atoms with Gasteiger partial charge in [-0.05, 0) is 78.8 Å². The summed E-state index contributed by atoms with van der Waals surface area (Å²) in [5.41, 5.74) is 3.34. The highest BCUT2D eigenvalue weighted by Crippen LogP contribution is 2.38. The first-order valence-electron chi connectivity index (χ1n) is 10.9. The van der Waals surface area contributed by atoms with Gasteiger partial charge in [-0.15, -0.1) is 0 Å². The van der Waals surface area contributed by atoms with Gasteiger partial charge >= 0.3 is 5.97 Å². The minimum absolute atomic E-state index is 0.202. The van der Waals surface area contributed by atoms with Crippen molar-refractivity contribution in [2.45, 2.75) is 64.7 Å². The van der Waals surface area contributed by atoms with Crippen LogP contribution in [-0.4, -0.2) is 11.1 Å². The van der Waals surface area contributed by atoms with Gasteiger partial charge in [0.1, 0.15) is 5.83 Å². The molecule has 1 aliphatic rings. The summed E-state index contributed by atoms with van der Waals surface area (Å²) in [4.78, 5) is 11.7. The Morgan fingerprint density at radius 1 is 1.07 bits per heavy atom. The van der Waals surface area contributed by atoms with Crippen LogP contribution in [0.25, 0.3) is 17.0 Å². The number of carboxylic acids is 1. The molecule has 1 aliphatic carbocycles. The first-order valence-corrected chi connectivity index (χ1v) is 10.9. The summed E-state index contributed by atoms with van der Waals surface area (Å²) in [6.07, 6.45) is 9.39. The maximum absolute atomic E-state index is 14.4. The van der Waals surface area contributed by atoms with Gasteiger partial charge in [-0.3, -0.25) is 0 Å². The van der Waals surface area contributed by atoms with E-state index in [1.807, 2.05) is 19.1 Å². The monoisotopic (exact) mass is 394 g/mol. The molecule has 2 nitrogen and oxygen atoms in total. The van der Waals surface area contributed by atoms with E-state index in [2.05, 4.69) is 19.1 Å². The van der Waals surface area contributed by atoms with Crippen LogP contribution >= 0.6 is 0 Å². The summed E-state index contributed by atoms with van der Waals surface area (Å²) in [6, 6.07) is 12.9. The van der Waals surface area contributed by atoms with E-state index in [0.717, 1.165) is 17.9 Å². The molecule has 154 valence electrons. The van der Waals surface area contributed by atoms with E-state index in [9.17, 15) is 14.3 Å². The maximum Gasteiger partial charge on any atom is 0.336 e. The second-order valence-corrected chi connectivity index (χ2v) is 8.15. The van der Waals surface area contributed by atoms with Crippen molar-refractivity contribution < 1.29 is 14.3 Å². The van der Waals surface area contributed by atoms with E-state index in [0.29, 0.717) is 23.5 Å². The van der Waals surface area contributed by atoms with Crippen molar-refractivity contribution in [1.29, 1.82) is 0 Å². The fourth-order valence-corrected chi connectivity index (χ4v) is 4.35. The van der Waals surface area contributed by atoms with Crippen LogP contribution in [0, 0.1) is 5.92 Å². The Balaban J connectivity index is 1.87. The normalized spacial score (nSPS) is 19.9. The topological polar surface area (TPSA) is 37.3 Å². The minimum atomic E-state index is -0.994. The Morgan fingerprint density at radius 3 is 2.34 bits per heavy atom. The lowest BCUT2D eigenvalue weighted by atomic mass is 9.77. The number of aromatic carboxylic acids is 1. The molecule has 0 aromatic heterocycles. The van der Waals surface area contributed by atoms with Crippen LogP contribution < -0.4 is 0 Å². The first-order chi connectivity index (χ1) is 14.0. The molecule has 0 bridgehead atoms. The van der Waals surface area contributed by atoms with Crippen LogP contribution in [0.3, 0.4) is 0 Å². The van der Waals surface area contributed by atoms with Gasteiger partial charge < -0.3 is 5.11 Å². The molecule has 1 fully saturated rings. The number of carboxylic acid groups (broad SMARTS) is 1. The molecular weight excluding hydrogens is 363 g/mol. The predicted octanol–water partition coefficient (Wildman–Crippen LogP) is 7.85. The molecule has 3 rings (SSSR count). The summed E-state index contributed by atoms with van der Waals surface area (Å²) in [7, 11) is 0. The highest BCUT2D eigenvalue weighted by atomic mass is 19.1. The van der Waals surface area contributed by atoms with Gasteiger partial charge in [0.2, 0.25) is 0 Å². The van der Waals surface area contributed by atoms with Crippen molar-refractivity contribution in [2.24, 2.45) is 5.92 Å². The van der Waals surface area contributed by atoms with E-state index in [1.54, 1.807) is 18.2 Å². The summed E-state index contributed by atoms with van der Waals surface area (Å²) in [5.74, 6) is 0.161. The molecule has 0 amide bonds. The molecule has 2 aromatic rings. The number of carbonyl (C=O) groups is 1. The van der Waals surface area contributed by atoms with Gasteiger partial charge in [0.05, 0.1) is 5.56 Å². The number of rotatable bonds is 7. The molecule has 29 heavy (non-hydrogen) atoms. The van der Waals surface area contributed by atoms with Gasteiger partial charge in [-0.2, -0.15) is 0 Å². The van der Waals surface area contributed by atoms with E-state index < -0.39 is 5.97 Å². The number of halogens is 1. The van der Waals surface area contributed by atoms with Crippen LogP contribution in [0.1, 0.15) is 86.2 Å². The Kier molecular flexibility index (Phi) is 7.24. The fraction of sp³-hybridized carbons (Fsp3) is 0.423. The van der Waals surface area contributed by atoms with Crippen LogP contribution in [0.5, 0.6) is 0 Å². The van der Waals surface area contributed by atoms with Crippen molar-refractivity contribution in [3.8, 4) is 11.1 Å². The highest BCUT2D eigenvalue weighted by molar-refractivity contribution is 5.96. The molecule has 0 spiro atoms. The van der Waals surface area contributed by atoms with Gasteiger partial charge in [0.25, 0.3) is 0 Å². The van der Waals surface area contributed by atoms with Crippen LogP contribution in [-0.2, 0) is 0 Å². The van der Waals surface area contributed by atoms with Crippen LogP contribution in [0.2, 0.25) is 0 Å². The third-order valence-electron chi connectivity index (χ3n) is 6.26. The largest absolute Gasteiger partial charge is 0.478 e. The molecule has 2 aromatic carbocycles. The van der Waals surface area contributed by atoms with Gasteiger partial charge in [0.15, 0.2) is 0 Å². The maximum atomic E-state index is 14.4. The Bertz CT molecular complexity index is 859. The average Bonchev–Trinajstić information content (AvgIpc) is 2.77. The minimum Gasteiger partial charge on any atom is -0.478 e. The third-order valence-corrected chi connectivity index (χ3v) is 6.26. The number of hydrogen-bond donors (Lipinski definition) is 1. The number of hydrogen-bond acceptors (Lipinski definition) is 1. The van der Waals surface area contributed by atoms with Crippen LogP contribution in [0.4, 0.5) is 4.39 Å². The SMILES string of the molecule is CCCC=C(F)c1ccc(C(=O)O)c(-c2ccc(C3CCC(CC)CC3)cc2)c1. The van der Waals surface area contributed by atoms with Crippen molar-refractivity contribution >= 4 is 11.8 Å². The summed E-state index contributed by atoms with van der Waals surface area (Å²) >= 11 is 0. The summed E-state index contributed by atoms with van der Waals surface area (Å²) < 4.78 is 14.4. The van der Waals surface area contributed by atoms with E-state index in [-0.39, 0.29) is 11.4 Å². The second-order valence-electron chi connectivity index (χ2n) is 8.15. The first kappa shape index (κ1) is 21.3. The predicted molar refractivity (Wildman–Crippen MR) is 118 cm³/mol. The fourth-order valence-electron chi connectivity index (χ4n) is 4.35. The highest BCUT2D eigenvalue weighted by Gasteiger charge is 2.21. The summed E-state index contributed by atoms with van der Waals surface area (Å²) in [6.45, 7) is 4.27. The zero-order valence-corrected chi connectivity index (χ0v) is 17.5. The smallest absolute Gasteiger partial charge is 0.336 e. The van der Waals surface area contributed by atoms with Crippen LogP contribution in [0.15, 0.2) is 48.5 Å². The van der Waals surface area contributed by atoms with Crippen molar-refractivity contribution in [3.63, 3.8) is 0 Å². The summed E-state index contributed by atoms with van der Waals surface area (Å²) in [5, 5.41) is 9.60. The van der Waals surface area contributed by atoms with Crippen molar-refractivity contribution in [2.75, 3.05) is 0 Å². The Morgan fingerprint density at radius 2 is 1.76 bits per heavy atom. The van der Waals surface area contributed by atoms with Gasteiger partial charge in [-0.1, -0.05) is 57.0 Å². The molecule has 0 heterocycles. The molecule has 1 saturated carbocycles. The molecule has 0 atom stereocenters. The molecule has 0 radical (unpaired) electrons. The molecule has 0 unspecified atom stereocenters. The van der Waals surface area contributed by atoms with E-state index >= 15 is 0 Å². The Labute approximate surface area is 173 Å². The zero-order chi connectivity index (χ0) is 20.8. The average molecular weight is 395 g/mol. The molecule has 3 heteroatoms. The van der Waals surface area contributed by atoms with Gasteiger partial charge in [-0.25, -0.2) is 9.18 Å². The van der Waals surface area contributed by atoms with E-state index in [4.69, 9.17) is 0 Å². The lowest BCUT2D eigenvalue weighted by Crippen LogP contribution is -2.12. The lowest BCUT2D eigenvalue weighted by Gasteiger charge is -2.28. The Hall–Kier alpha value is -2.42. The number of benzene rings is 2. The zero-order valence-electron chi connectivity index (χ0n) is 17.5. The van der Waals surface area contributed by atoms with Gasteiger partial charge in [0, 0.05) is 5.56 Å².